The van der Waals surface area contributed by atoms with Crippen molar-refractivity contribution in [2.75, 3.05) is 0 Å². The molecule has 0 aromatic heterocycles. The van der Waals surface area contributed by atoms with Crippen LogP contribution >= 0.6 is 0 Å². The van der Waals surface area contributed by atoms with Crippen molar-refractivity contribution in [1.29, 1.82) is 0 Å². The highest BCUT2D eigenvalue weighted by Crippen LogP contribution is 2.19. The van der Waals surface area contributed by atoms with E-state index >= 15 is 0 Å². The van der Waals surface area contributed by atoms with Crippen molar-refractivity contribution in [1.82, 2.24) is 4.90 Å². The van der Waals surface area contributed by atoms with E-state index in [2.05, 4.69) is 6.92 Å². The van der Waals surface area contributed by atoms with Crippen molar-refractivity contribution in [2.45, 2.75) is 65.3 Å². The molecule has 1 unspecified atom stereocenters. The lowest BCUT2D eigenvalue weighted by Gasteiger charge is -2.22. The Kier molecular flexibility index (Phi) is 5.39. The van der Waals surface area contributed by atoms with Gasteiger partial charge in [0.1, 0.15) is 0 Å². The summed E-state index contributed by atoms with van der Waals surface area (Å²) in [5.74, 6) is -0.260. The molecule has 0 radical (unpaired) electrons. The fraction of sp³-hybridized carbons (Fsp3) is 0.714. The Balaban J connectivity index is 2.31. The first-order valence-corrected chi connectivity index (χ1v) is 6.63. The number of carbonyl (C=O) groups is 2. The lowest BCUT2D eigenvalue weighted by atomic mass is 10.1. The van der Waals surface area contributed by atoms with Gasteiger partial charge in [-0.15, -0.1) is 0 Å². The minimum absolute atomic E-state index is 0.0327. The summed E-state index contributed by atoms with van der Waals surface area (Å²) in [6.45, 7) is 5.86. The van der Waals surface area contributed by atoms with E-state index in [9.17, 15) is 9.59 Å². The van der Waals surface area contributed by atoms with E-state index in [-0.39, 0.29) is 17.9 Å². The molecule has 2 amide bonds. The van der Waals surface area contributed by atoms with Gasteiger partial charge in [-0.1, -0.05) is 39.0 Å². The number of carbonyl (C=O) groups excluding carboxylic acids is 2. The van der Waals surface area contributed by atoms with Gasteiger partial charge in [0.2, 0.25) is 0 Å². The second-order valence-electron chi connectivity index (χ2n) is 4.89. The minimum atomic E-state index is -0.145. The largest absolute Gasteiger partial charge is 0.272 e. The average Bonchev–Trinajstić information content (AvgIpc) is 2.53. The normalized spacial score (nSPS) is 17.6. The molecule has 0 aromatic rings. The van der Waals surface area contributed by atoms with Crippen LogP contribution in [0, 0.1) is 0 Å². The molecule has 96 valence electrons. The zero-order valence-electron chi connectivity index (χ0n) is 11.2. The fourth-order valence-corrected chi connectivity index (χ4v) is 2.20. The third-order valence-electron chi connectivity index (χ3n) is 3.30. The van der Waals surface area contributed by atoms with Crippen molar-refractivity contribution in [3.63, 3.8) is 0 Å². The van der Waals surface area contributed by atoms with E-state index in [1.165, 1.54) is 36.7 Å². The van der Waals surface area contributed by atoms with Crippen LogP contribution in [-0.4, -0.2) is 22.8 Å². The molecule has 0 saturated carbocycles. The average molecular weight is 237 g/mol. The first kappa shape index (κ1) is 13.9. The Labute approximate surface area is 104 Å². The summed E-state index contributed by atoms with van der Waals surface area (Å²) >= 11 is 0. The highest BCUT2D eigenvalue weighted by Gasteiger charge is 2.31. The molecule has 0 aromatic carbocycles. The molecule has 1 rings (SSSR count). The number of amides is 2. The molecule has 0 aliphatic carbocycles. The standard InChI is InChI=1S/C14H23NO2/c1-4-5-6-7-8-9-12(3)15-13(16)10-11(2)14(15)17/h10,12H,4-9H2,1-3H3. The summed E-state index contributed by atoms with van der Waals surface area (Å²) in [6, 6.07) is 0.0327. The molecule has 1 atom stereocenters. The Bertz CT molecular complexity index is 320. The van der Waals surface area contributed by atoms with E-state index in [0.717, 1.165) is 12.8 Å². The van der Waals surface area contributed by atoms with Gasteiger partial charge in [-0.3, -0.25) is 14.5 Å². The number of imide groups is 1. The van der Waals surface area contributed by atoms with E-state index < -0.39 is 0 Å². The summed E-state index contributed by atoms with van der Waals surface area (Å²) < 4.78 is 0. The molecule has 0 N–H and O–H groups in total. The fourth-order valence-electron chi connectivity index (χ4n) is 2.20. The quantitative estimate of drug-likeness (QED) is 0.504. The van der Waals surface area contributed by atoms with Gasteiger partial charge in [-0.05, 0) is 20.3 Å². The van der Waals surface area contributed by atoms with Crippen LogP contribution in [0.3, 0.4) is 0 Å². The van der Waals surface area contributed by atoms with Gasteiger partial charge in [0.25, 0.3) is 11.8 Å². The molecule has 0 spiro atoms. The van der Waals surface area contributed by atoms with E-state index in [1.54, 1.807) is 6.92 Å². The van der Waals surface area contributed by atoms with Crippen LogP contribution in [-0.2, 0) is 9.59 Å². The smallest absolute Gasteiger partial charge is 0.256 e. The molecule has 3 heteroatoms. The van der Waals surface area contributed by atoms with Gasteiger partial charge >= 0.3 is 0 Å². The van der Waals surface area contributed by atoms with Crippen molar-refractivity contribution in [3.05, 3.63) is 11.6 Å². The van der Waals surface area contributed by atoms with Crippen molar-refractivity contribution in [3.8, 4) is 0 Å². The number of unbranched alkanes of at least 4 members (excludes halogenated alkanes) is 4. The molecule has 1 heterocycles. The Morgan fingerprint density at radius 3 is 2.35 bits per heavy atom. The summed E-state index contributed by atoms with van der Waals surface area (Å²) in [6.07, 6.45) is 8.41. The SMILES string of the molecule is CCCCCCCC(C)N1C(=O)C=C(C)C1=O. The van der Waals surface area contributed by atoms with Gasteiger partial charge in [0.15, 0.2) is 0 Å². The lowest BCUT2D eigenvalue weighted by molar-refractivity contribution is -0.139. The molecule has 0 bridgehead atoms. The minimum Gasteiger partial charge on any atom is -0.272 e. The number of hydrogen-bond acceptors (Lipinski definition) is 2. The molecule has 17 heavy (non-hydrogen) atoms. The second kappa shape index (κ2) is 6.58. The second-order valence-corrected chi connectivity index (χ2v) is 4.89. The Morgan fingerprint density at radius 1 is 1.18 bits per heavy atom. The van der Waals surface area contributed by atoms with Gasteiger partial charge < -0.3 is 0 Å². The van der Waals surface area contributed by atoms with Crippen LogP contribution < -0.4 is 0 Å². The molecule has 0 fully saturated rings. The zero-order valence-corrected chi connectivity index (χ0v) is 11.2. The van der Waals surface area contributed by atoms with E-state index in [4.69, 9.17) is 0 Å². The summed E-state index contributed by atoms with van der Waals surface area (Å²) in [4.78, 5) is 24.7. The highest BCUT2D eigenvalue weighted by atomic mass is 16.2. The maximum absolute atomic E-state index is 11.7. The number of hydrogen-bond donors (Lipinski definition) is 0. The molecule has 1 aliphatic heterocycles. The molecular weight excluding hydrogens is 214 g/mol. The zero-order chi connectivity index (χ0) is 12.8. The predicted octanol–water partition coefficient (Wildman–Crippen LogP) is 3.05. The van der Waals surface area contributed by atoms with Crippen molar-refractivity contribution in [2.24, 2.45) is 0 Å². The van der Waals surface area contributed by atoms with Crippen LogP contribution in [0.1, 0.15) is 59.3 Å². The van der Waals surface area contributed by atoms with Gasteiger partial charge in [0.05, 0.1) is 0 Å². The monoisotopic (exact) mass is 237 g/mol. The first-order chi connectivity index (χ1) is 8.07. The van der Waals surface area contributed by atoms with E-state index in [0.29, 0.717) is 5.57 Å². The number of nitrogens with zero attached hydrogens (tertiary/aromatic N) is 1. The van der Waals surface area contributed by atoms with Crippen molar-refractivity contribution >= 4 is 11.8 Å². The molecule has 0 saturated heterocycles. The maximum Gasteiger partial charge on any atom is 0.256 e. The Hall–Kier alpha value is -1.12. The highest BCUT2D eigenvalue weighted by molar-refractivity contribution is 6.16. The summed E-state index contributed by atoms with van der Waals surface area (Å²) in [5, 5.41) is 0. The maximum atomic E-state index is 11.7. The molecular formula is C14H23NO2. The van der Waals surface area contributed by atoms with Gasteiger partial charge in [-0.2, -0.15) is 0 Å². The summed E-state index contributed by atoms with van der Waals surface area (Å²) in [5.41, 5.74) is 0.563. The van der Waals surface area contributed by atoms with Gasteiger partial charge in [0, 0.05) is 17.7 Å². The molecule has 3 nitrogen and oxygen atoms in total. The van der Waals surface area contributed by atoms with Crippen LogP contribution in [0.25, 0.3) is 0 Å². The predicted molar refractivity (Wildman–Crippen MR) is 68.4 cm³/mol. The Morgan fingerprint density at radius 2 is 1.82 bits per heavy atom. The third-order valence-corrected chi connectivity index (χ3v) is 3.30. The van der Waals surface area contributed by atoms with Crippen LogP contribution in [0.15, 0.2) is 11.6 Å². The van der Waals surface area contributed by atoms with Crippen LogP contribution in [0.5, 0.6) is 0 Å². The van der Waals surface area contributed by atoms with Crippen molar-refractivity contribution < 1.29 is 9.59 Å². The number of rotatable bonds is 7. The van der Waals surface area contributed by atoms with Crippen LogP contribution in [0.4, 0.5) is 0 Å². The van der Waals surface area contributed by atoms with Crippen LogP contribution in [0.2, 0.25) is 0 Å². The topological polar surface area (TPSA) is 37.4 Å². The molecule has 1 aliphatic rings. The van der Waals surface area contributed by atoms with E-state index in [1.807, 2.05) is 6.92 Å². The lowest BCUT2D eigenvalue weighted by Crippen LogP contribution is -2.38. The third kappa shape index (κ3) is 3.69. The summed E-state index contributed by atoms with van der Waals surface area (Å²) in [7, 11) is 0. The van der Waals surface area contributed by atoms with Gasteiger partial charge in [-0.25, -0.2) is 0 Å². The first-order valence-electron chi connectivity index (χ1n) is 6.63.